The molecular weight excluding hydrogens is 516 g/mol. The highest BCUT2D eigenvalue weighted by molar-refractivity contribution is 7.90. The number of benzene rings is 4. The molecule has 0 bridgehead atoms. The van der Waals surface area contributed by atoms with Gasteiger partial charge < -0.3 is 14.6 Å². The molecule has 0 atom stereocenters. The first-order valence-corrected chi connectivity index (χ1v) is 14.1. The number of para-hydroxylation sites is 2. The van der Waals surface area contributed by atoms with Crippen LogP contribution in [0.5, 0.6) is 17.2 Å². The predicted octanol–water partition coefficient (Wildman–Crippen LogP) is 3.04. The normalized spacial score (nSPS) is 12.0. The lowest BCUT2D eigenvalue weighted by molar-refractivity contribution is 0.410. The van der Waals surface area contributed by atoms with E-state index in [2.05, 4.69) is 0 Å². The van der Waals surface area contributed by atoms with E-state index in [4.69, 9.17) is 19.8 Å². The van der Waals surface area contributed by atoms with E-state index in [-0.39, 0.29) is 45.4 Å². The maximum absolute atomic E-state index is 13.2. The van der Waals surface area contributed by atoms with Crippen molar-refractivity contribution < 1.29 is 31.4 Å². The Kier molecular flexibility index (Phi) is 7.16. The molecule has 0 radical (unpaired) electrons. The van der Waals surface area contributed by atoms with Crippen LogP contribution >= 0.6 is 0 Å². The van der Waals surface area contributed by atoms with Crippen molar-refractivity contribution in [2.75, 3.05) is 14.2 Å². The summed E-state index contributed by atoms with van der Waals surface area (Å²) in [6.45, 7) is 0. The Balaban J connectivity index is 2.20. The maximum atomic E-state index is 13.2. The molecule has 0 spiro atoms. The highest BCUT2D eigenvalue weighted by atomic mass is 32.2. The minimum absolute atomic E-state index is 0.0425. The SMILES string of the molecule is COc1ccccc1Cc1c(S(N)(=O)=O)c(Cc2ccccc2OC)c2ccc(O)cc2c1S(N)(=O)=O. The number of sulfonamides is 2. The van der Waals surface area contributed by atoms with Gasteiger partial charge in [-0.1, -0.05) is 42.5 Å². The zero-order valence-corrected chi connectivity index (χ0v) is 21.8. The highest BCUT2D eigenvalue weighted by Crippen LogP contribution is 2.40. The molecule has 0 saturated heterocycles. The van der Waals surface area contributed by atoms with Gasteiger partial charge in [-0.3, -0.25) is 0 Å². The molecule has 0 amide bonds. The van der Waals surface area contributed by atoms with Crippen molar-refractivity contribution in [3.8, 4) is 17.2 Å². The Morgan fingerprint density at radius 3 is 1.65 bits per heavy atom. The first-order valence-electron chi connectivity index (χ1n) is 11.1. The monoisotopic (exact) mass is 542 g/mol. The number of primary sulfonamides is 2. The molecule has 0 saturated carbocycles. The summed E-state index contributed by atoms with van der Waals surface area (Å²) >= 11 is 0. The van der Waals surface area contributed by atoms with Crippen LogP contribution in [0.1, 0.15) is 22.3 Å². The number of rotatable bonds is 8. The van der Waals surface area contributed by atoms with Gasteiger partial charge in [0.25, 0.3) is 0 Å². The molecule has 0 unspecified atom stereocenters. The van der Waals surface area contributed by atoms with Gasteiger partial charge in [0, 0.05) is 18.2 Å². The Morgan fingerprint density at radius 2 is 1.16 bits per heavy atom. The molecular formula is C26H26N2O7S2. The Bertz CT molecular complexity index is 1720. The van der Waals surface area contributed by atoms with E-state index in [0.717, 1.165) is 0 Å². The van der Waals surface area contributed by atoms with Crippen molar-refractivity contribution in [3.63, 3.8) is 0 Å². The van der Waals surface area contributed by atoms with Crippen molar-refractivity contribution in [1.29, 1.82) is 0 Å². The number of phenolic OH excluding ortho intramolecular Hbond substituents is 1. The summed E-state index contributed by atoms with van der Waals surface area (Å²) in [5.74, 6) is 0.717. The third kappa shape index (κ3) is 5.25. The third-order valence-corrected chi connectivity index (χ3v) is 8.18. The third-order valence-electron chi connectivity index (χ3n) is 6.08. The van der Waals surface area contributed by atoms with E-state index in [9.17, 15) is 21.9 Å². The largest absolute Gasteiger partial charge is 0.508 e. The van der Waals surface area contributed by atoms with Gasteiger partial charge in [0.1, 0.15) is 17.2 Å². The van der Waals surface area contributed by atoms with Crippen LogP contribution in [0, 0.1) is 0 Å². The summed E-state index contributed by atoms with van der Waals surface area (Å²) in [5.41, 5.74) is 1.30. The number of nitrogens with two attached hydrogens (primary N) is 2. The Labute approximate surface area is 215 Å². The second-order valence-corrected chi connectivity index (χ2v) is 11.4. The first kappa shape index (κ1) is 26.4. The van der Waals surface area contributed by atoms with Crippen LogP contribution in [-0.4, -0.2) is 36.2 Å². The Morgan fingerprint density at radius 1 is 0.676 bits per heavy atom. The van der Waals surface area contributed by atoms with Crippen molar-refractivity contribution in [2.45, 2.75) is 22.6 Å². The van der Waals surface area contributed by atoms with Gasteiger partial charge in [-0.05, 0) is 51.9 Å². The van der Waals surface area contributed by atoms with Crippen LogP contribution in [0.4, 0.5) is 0 Å². The zero-order valence-electron chi connectivity index (χ0n) is 20.1. The lowest BCUT2D eigenvalue weighted by atomic mass is 9.92. The number of aromatic hydroxyl groups is 1. The molecule has 5 N–H and O–H groups in total. The second kappa shape index (κ2) is 10.0. The van der Waals surface area contributed by atoms with Crippen LogP contribution in [0.2, 0.25) is 0 Å². The molecule has 11 heteroatoms. The summed E-state index contributed by atoms with van der Waals surface area (Å²) in [5, 5.41) is 22.0. The highest BCUT2D eigenvalue weighted by Gasteiger charge is 2.31. The number of methoxy groups -OCH3 is 2. The summed E-state index contributed by atoms with van der Waals surface area (Å²) in [7, 11) is -6.05. The smallest absolute Gasteiger partial charge is 0.239 e. The fourth-order valence-electron chi connectivity index (χ4n) is 4.64. The average Bonchev–Trinajstić information content (AvgIpc) is 2.83. The molecule has 9 nitrogen and oxygen atoms in total. The van der Waals surface area contributed by atoms with Gasteiger partial charge in [0.15, 0.2) is 0 Å². The maximum Gasteiger partial charge on any atom is 0.239 e. The van der Waals surface area contributed by atoms with Crippen LogP contribution in [-0.2, 0) is 32.9 Å². The zero-order chi connectivity index (χ0) is 27.0. The van der Waals surface area contributed by atoms with Crippen molar-refractivity contribution in [2.24, 2.45) is 10.3 Å². The molecule has 0 fully saturated rings. The molecule has 0 aliphatic heterocycles. The van der Waals surface area contributed by atoms with E-state index in [1.54, 1.807) is 48.5 Å². The summed E-state index contributed by atoms with van der Waals surface area (Å²) in [4.78, 5) is -0.788. The lowest BCUT2D eigenvalue weighted by Crippen LogP contribution is -2.23. The molecule has 0 heterocycles. The van der Waals surface area contributed by atoms with E-state index in [1.165, 1.54) is 32.4 Å². The van der Waals surface area contributed by atoms with Crippen LogP contribution in [0.3, 0.4) is 0 Å². The Hall–Kier alpha value is -3.64. The summed E-state index contributed by atoms with van der Waals surface area (Å²) in [6.07, 6.45) is -0.132. The fraction of sp³-hybridized carbons (Fsp3) is 0.154. The standard InChI is InChI=1S/C26H26N2O7S2/c1-34-23-9-5-3-7-16(23)13-20-19-12-11-18(29)15-21(19)26(37(28,32)33)22(25(20)36(27,30)31)14-17-8-4-6-10-24(17)35-2/h3-12,15,29H,13-14H2,1-2H3,(H2,27,30,31)(H2,28,32,33). The van der Waals surface area contributed by atoms with Gasteiger partial charge in [-0.15, -0.1) is 0 Å². The number of phenols is 1. The van der Waals surface area contributed by atoms with Gasteiger partial charge in [-0.25, -0.2) is 27.1 Å². The summed E-state index contributed by atoms with van der Waals surface area (Å²) < 4.78 is 63.2. The van der Waals surface area contributed by atoms with E-state index < -0.39 is 24.9 Å². The van der Waals surface area contributed by atoms with Crippen LogP contribution in [0.15, 0.2) is 76.5 Å². The minimum atomic E-state index is -4.50. The second-order valence-electron chi connectivity index (χ2n) is 8.41. The van der Waals surface area contributed by atoms with Crippen molar-refractivity contribution in [1.82, 2.24) is 0 Å². The molecule has 4 rings (SSSR count). The first-order chi connectivity index (χ1) is 17.5. The van der Waals surface area contributed by atoms with Crippen molar-refractivity contribution >= 4 is 30.8 Å². The molecule has 0 aliphatic carbocycles. The number of ether oxygens (including phenoxy) is 2. The minimum Gasteiger partial charge on any atom is -0.508 e. The van der Waals surface area contributed by atoms with E-state index in [1.807, 2.05) is 0 Å². The molecule has 194 valence electrons. The van der Waals surface area contributed by atoms with Gasteiger partial charge in [0.05, 0.1) is 24.0 Å². The van der Waals surface area contributed by atoms with Gasteiger partial charge in [-0.2, -0.15) is 0 Å². The molecule has 4 aromatic rings. The average molecular weight is 543 g/mol. The molecule has 4 aromatic carbocycles. The fourth-order valence-corrected chi connectivity index (χ4v) is 6.74. The number of hydrogen-bond acceptors (Lipinski definition) is 7. The topological polar surface area (TPSA) is 159 Å². The molecule has 37 heavy (non-hydrogen) atoms. The quantitative estimate of drug-likeness (QED) is 0.309. The van der Waals surface area contributed by atoms with Crippen molar-refractivity contribution in [3.05, 3.63) is 89.0 Å². The van der Waals surface area contributed by atoms with Crippen LogP contribution in [0.25, 0.3) is 10.8 Å². The van der Waals surface area contributed by atoms with E-state index in [0.29, 0.717) is 22.6 Å². The van der Waals surface area contributed by atoms with Gasteiger partial charge >= 0.3 is 0 Å². The predicted molar refractivity (Wildman–Crippen MR) is 140 cm³/mol. The lowest BCUT2D eigenvalue weighted by Gasteiger charge is -2.22. The number of fused-ring (bicyclic) bond motifs is 1. The van der Waals surface area contributed by atoms with E-state index >= 15 is 0 Å². The summed E-state index contributed by atoms with van der Waals surface area (Å²) in [6, 6.07) is 17.9. The molecule has 0 aromatic heterocycles. The van der Waals surface area contributed by atoms with Gasteiger partial charge in [0.2, 0.25) is 20.0 Å². The number of hydrogen-bond donors (Lipinski definition) is 3. The van der Waals surface area contributed by atoms with Crippen LogP contribution < -0.4 is 19.8 Å². The molecule has 0 aliphatic rings.